The molecule has 0 aromatic heterocycles. The molecule has 1 fully saturated rings. The van der Waals surface area contributed by atoms with E-state index in [1.165, 1.54) is 60.3 Å². The van der Waals surface area contributed by atoms with Gasteiger partial charge in [0.15, 0.2) is 15.6 Å². The summed E-state index contributed by atoms with van der Waals surface area (Å²) in [6, 6.07) is 11.3. The van der Waals surface area contributed by atoms with Crippen LogP contribution >= 0.6 is 11.8 Å². The molecule has 2 aromatic rings. The molecule has 1 heterocycles. The second kappa shape index (κ2) is 8.22. The van der Waals surface area contributed by atoms with Crippen LogP contribution in [0, 0.1) is 5.82 Å². The largest absolute Gasteiger partial charge is 0.426 e. The first-order valence-corrected chi connectivity index (χ1v) is 11.1. The SMILES string of the molecule is O=C(CS[C@H]1CCS(=O)(=O)C1)Oc1ccc(C(=O)c2ccc(F)cc2)cc1. The zero-order chi connectivity index (χ0) is 19.4. The van der Waals surface area contributed by atoms with Crippen molar-refractivity contribution in [3.8, 4) is 5.75 Å². The van der Waals surface area contributed by atoms with Gasteiger partial charge in [-0.2, -0.15) is 0 Å². The summed E-state index contributed by atoms with van der Waals surface area (Å²) < 4.78 is 41.0. The first kappa shape index (κ1) is 19.6. The van der Waals surface area contributed by atoms with Crippen LogP contribution in [0.5, 0.6) is 5.75 Å². The van der Waals surface area contributed by atoms with Gasteiger partial charge >= 0.3 is 5.97 Å². The Kier molecular flexibility index (Phi) is 5.96. The van der Waals surface area contributed by atoms with Crippen LogP contribution in [-0.4, -0.2) is 42.7 Å². The van der Waals surface area contributed by atoms with Gasteiger partial charge in [-0.05, 0) is 55.0 Å². The normalized spacial score (nSPS) is 18.2. The summed E-state index contributed by atoms with van der Waals surface area (Å²) >= 11 is 1.28. The number of sulfone groups is 1. The van der Waals surface area contributed by atoms with Crippen molar-refractivity contribution in [2.45, 2.75) is 11.7 Å². The number of hydrogen-bond donors (Lipinski definition) is 0. The van der Waals surface area contributed by atoms with E-state index in [9.17, 15) is 22.4 Å². The lowest BCUT2D eigenvalue weighted by molar-refractivity contribution is -0.131. The molecule has 0 bridgehead atoms. The molecule has 2 aromatic carbocycles. The Morgan fingerprint density at radius 2 is 1.63 bits per heavy atom. The molecule has 1 aliphatic heterocycles. The van der Waals surface area contributed by atoms with E-state index in [1.807, 2.05) is 0 Å². The molecule has 8 heteroatoms. The van der Waals surface area contributed by atoms with Crippen molar-refractivity contribution >= 4 is 33.4 Å². The van der Waals surface area contributed by atoms with Gasteiger partial charge in [-0.3, -0.25) is 9.59 Å². The molecule has 142 valence electrons. The first-order valence-electron chi connectivity index (χ1n) is 8.25. The van der Waals surface area contributed by atoms with Gasteiger partial charge in [0.2, 0.25) is 0 Å². The topological polar surface area (TPSA) is 77.5 Å². The smallest absolute Gasteiger partial charge is 0.321 e. The number of hydrogen-bond acceptors (Lipinski definition) is 6. The number of ketones is 1. The summed E-state index contributed by atoms with van der Waals surface area (Å²) in [4.78, 5) is 24.2. The van der Waals surface area contributed by atoms with Gasteiger partial charge in [-0.1, -0.05) is 0 Å². The van der Waals surface area contributed by atoms with Crippen molar-refractivity contribution in [3.05, 3.63) is 65.5 Å². The van der Waals surface area contributed by atoms with Crippen LogP contribution in [0.4, 0.5) is 4.39 Å². The van der Waals surface area contributed by atoms with Gasteiger partial charge in [-0.15, -0.1) is 11.8 Å². The van der Waals surface area contributed by atoms with Gasteiger partial charge in [0.05, 0.1) is 17.3 Å². The van der Waals surface area contributed by atoms with Crippen molar-refractivity contribution in [1.29, 1.82) is 0 Å². The number of thioether (sulfide) groups is 1. The number of carbonyl (C=O) groups is 2. The van der Waals surface area contributed by atoms with Crippen molar-refractivity contribution in [3.63, 3.8) is 0 Å². The maximum Gasteiger partial charge on any atom is 0.321 e. The van der Waals surface area contributed by atoms with E-state index < -0.39 is 21.6 Å². The lowest BCUT2D eigenvalue weighted by Crippen LogP contribution is -2.15. The second-order valence-electron chi connectivity index (χ2n) is 6.17. The third-order valence-electron chi connectivity index (χ3n) is 4.08. The maximum atomic E-state index is 12.9. The van der Waals surface area contributed by atoms with Gasteiger partial charge in [-0.25, -0.2) is 12.8 Å². The minimum Gasteiger partial charge on any atom is -0.426 e. The molecule has 0 radical (unpaired) electrons. The highest BCUT2D eigenvalue weighted by Crippen LogP contribution is 2.24. The molecule has 0 unspecified atom stereocenters. The van der Waals surface area contributed by atoms with E-state index in [4.69, 9.17) is 4.74 Å². The second-order valence-corrected chi connectivity index (χ2v) is 9.69. The third-order valence-corrected chi connectivity index (χ3v) is 7.34. The molecular formula is C19H17FO5S2. The van der Waals surface area contributed by atoms with Crippen LogP contribution in [0.3, 0.4) is 0 Å². The Morgan fingerprint density at radius 1 is 1.04 bits per heavy atom. The monoisotopic (exact) mass is 408 g/mol. The highest BCUT2D eigenvalue weighted by Gasteiger charge is 2.28. The quantitative estimate of drug-likeness (QED) is 0.416. The molecule has 1 atom stereocenters. The Morgan fingerprint density at radius 3 is 2.19 bits per heavy atom. The lowest BCUT2D eigenvalue weighted by Gasteiger charge is -2.08. The molecular weight excluding hydrogens is 391 g/mol. The number of esters is 1. The van der Waals surface area contributed by atoms with E-state index in [0.717, 1.165) is 0 Å². The van der Waals surface area contributed by atoms with E-state index >= 15 is 0 Å². The van der Waals surface area contributed by atoms with Crippen molar-refractivity contribution in [1.82, 2.24) is 0 Å². The van der Waals surface area contributed by atoms with Gasteiger partial charge in [0, 0.05) is 16.4 Å². The molecule has 1 aliphatic rings. The Bertz CT molecular complexity index is 937. The van der Waals surface area contributed by atoms with Gasteiger partial charge in [0.1, 0.15) is 11.6 Å². The van der Waals surface area contributed by atoms with Crippen LogP contribution in [0.25, 0.3) is 0 Å². The molecule has 3 rings (SSSR count). The summed E-state index contributed by atoms with van der Waals surface area (Å²) in [5.74, 6) is -0.504. The predicted octanol–water partition coefficient (Wildman–Crippen LogP) is 2.88. The van der Waals surface area contributed by atoms with Crippen LogP contribution < -0.4 is 4.74 Å². The average molecular weight is 408 g/mol. The average Bonchev–Trinajstić information content (AvgIpc) is 3.00. The fraction of sp³-hybridized carbons (Fsp3) is 0.263. The summed E-state index contributed by atoms with van der Waals surface area (Å²) in [6.45, 7) is 0. The fourth-order valence-corrected chi connectivity index (χ4v) is 6.10. The zero-order valence-electron chi connectivity index (χ0n) is 14.3. The molecule has 27 heavy (non-hydrogen) atoms. The number of rotatable bonds is 6. The molecule has 1 saturated heterocycles. The third kappa shape index (κ3) is 5.40. The Labute approximate surface area is 160 Å². The van der Waals surface area contributed by atoms with Crippen molar-refractivity contribution in [2.75, 3.05) is 17.3 Å². The first-order chi connectivity index (χ1) is 12.8. The minimum absolute atomic E-state index is 0.0659. The predicted molar refractivity (Wildman–Crippen MR) is 101 cm³/mol. The summed E-state index contributed by atoms with van der Waals surface area (Å²) in [6.07, 6.45) is 0.556. The number of benzene rings is 2. The van der Waals surface area contributed by atoms with Gasteiger partial charge in [0.25, 0.3) is 0 Å². The summed E-state index contributed by atoms with van der Waals surface area (Å²) in [7, 11) is -2.97. The highest BCUT2D eigenvalue weighted by atomic mass is 32.2. The lowest BCUT2D eigenvalue weighted by atomic mass is 10.0. The van der Waals surface area contributed by atoms with Crippen LogP contribution in [-0.2, 0) is 14.6 Å². The highest BCUT2D eigenvalue weighted by molar-refractivity contribution is 8.02. The maximum absolute atomic E-state index is 12.9. The van der Waals surface area contributed by atoms with Crippen LogP contribution in [0.1, 0.15) is 22.3 Å². The zero-order valence-corrected chi connectivity index (χ0v) is 15.9. The molecule has 5 nitrogen and oxygen atoms in total. The van der Waals surface area contributed by atoms with Gasteiger partial charge < -0.3 is 4.74 Å². The molecule has 0 saturated carbocycles. The molecule has 0 aliphatic carbocycles. The van der Waals surface area contributed by atoms with E-state index in [-0.39, 0.29) is 28.3 Å². The van der Waals surface area contributed by atoms with E-state index in [2.05, 4.69) is 0 Å². The van der Waals surface area contributed by atoms with Crippen molar-refractivity contribution in [2.24, 2.45) is 0 Å². The molecule has 0 amide bonds. The van der Waals surface area contributed by atoms with Crippen LogP contribution in [0.15, 0.2) is 48.5 Å². The van der Waals surface area contributed by atoms with E-state index in [1.54, 1.807) is 0 Å². The fourth-order valence-electron chi connectivity index (χ4n) is 2.68. The summed E-state index contributed by atoms with van der Waals surface area (Å²) in [5, 5.41) is -0.0711. The standard InChI is InChI=1S/C19H17FO5S2/c20-15-5-1-13(2-6-15)19(22)14-3-7-16(8-4-14)25-18(21)11-26-17-9-10-27(23,24)12-17/h1-8,17H,9-12H2/t17-/m0/s1. The minimum atomic E-state index is -2.97. The number of carbonyl (C=O) groups excluding carboxylic acids is 2. The molecule has 0 spiro atoms. The van der Waals surface area contributed by atoms with Crippen molar-refractivity contribution < 1.29 is 27.1 Å². The number of ether oxygens (including phenoxy) is 1. The molecule has 0 N–H and O–H groups in total. The van der Waals surface area contributed by atoms with E-state index in [0.29, 0.717) is 23.3 Å². The Balaban J connectivity index is 1.53. The number of halogens is 1. The Hall–Kier alpha value is -2.19. The summed E-state index contributed by atoms with van der Waals surface area (Å²) in [5.41, 5.74) is 0.760. The van der Waals surface area contributed by atoms with Crippen LogP contribution in [0.2, 0.25) is 0 Å².